The molecular formula is C39H47BrN6O7. The number of benzene rings is 2. The lowest BCUT2D eigenvalue weighted by atomic mass is 9.70. The minimum atomic E-state index is -1.38. The average Bonchev–Trinajstić information content (AvgIpc) is 3.89. The Morgan fingerprint density at radius 1 is 1.17 bits per heavy atom. The number of likely N-dealkylation sites (tertiary alicyclic amines) is 1. The summed E-state index contributed by atoms with van der Waals surface area (Å²) in [7, 11) is 0. The van der Waals surface area contributed by atoms with Gasteiger partial charge in [0.1, 0.15) is 30.4 Å². The SMILES string of the molecule is C=CCCC(=O)OC[C@H](NC(=O)[C@@H]1[C@H]2O[C@@]3(CC2Br)[C@H](C(=O)N(CC=C)Cn2nnc4ccccc42)N([C@@H](CO)[C@@H](C)CC)C(=O)[C@@H]13)c1ccccc1. The number of alkyl halides is 1. The van der Waals surface area contributed by atoms with E-state index in [4.69, 9.17) is 9.47 Å². The number of hydrogen-bond donors (Lipinski definition) is 2. The topological polar surface area (TPSA) is 156 Å². The predicted octanol–water partition coefficient (Wildman–Crippen LogP) is 3.93. The van der Waals surface area contributed by atoms with E-state index < -0.39 is 65.4 Å². The fourth-order valence-electron chi connectivity index (χ4n) is 8.19. The molecule has 1 aromatic heterocycles. The Morgan fingerprint density at radius 3 is 2.60 bits per heavy atom. The van der Waals surface area contributed by atoms with Crippen molar-refractivity contribution in [3.63, 3.8) is 0 Å². The number of nitrogens with one attached hydrogen (secondary N) is 1. The number of ether oxygens (including phenoxy) is 2. The van der Waals surface area contributed by atoms with Gasteiger partial charge in [0.15, 0.2) is 0 Å². The second-order valence-electron chi connectivity index (χ2n) is 14.1. The summed E-state index contributed by atoms with van der Waals surface area (Å²) in [4.78, 5) is 59.7. The Labute approximate surface area is 317 Å². The maximum absolute atomic E-state index is 15.1. The number of aliphatic hydroxyl groups excluding tert-OH is 1. The summed E-state index contributed by atoms with van der Waals surface area (Å²) in [6.07, 6.45) is 4.06. The number of carbonyl (C=O) groups excluding carboxylic acids is 4. The summed E-state index contributed by atoms with van der Waals surface area (Å²) in [5.74, 6) is -3.87. The lowest BCUT2D eigenvalue weighted by molar-refractivity contribution is -0.153. The normalized spacial score (nSPS) is 26.2. The highest BCUT2D eigenvalue weighted by atomic mass is 79.9. The first kappa shape index (κ1) is 38.3. The number of aliphatic hydroxyl groups is 1. The molecule has 0 radical (unpaired) electrons. The first-order chi connectivity index (χ1) is 25.6. The van der Waals surface area contributed by atoms with Crippen LogP contribution in [0.3, 0.4) is 0 Å². The Hall–Kier alpha value is -4.40. The number of para-hydroxylation sites is 1. The molecule has 9 atom stereocenters. The van der Waals surface area contributed by atoms with Gasteiger partial charge in [-0.05, 0) is 36.5 Å². The summed E-state index contributed by atoms with van der Waals surface area (Å²) in [5, 5.41) is 22.4. The molecule has 3 aromatic rings. The second kappa shape index (κ2) is 16.3. The molecule has 3 amide bonds. The average molecular weight is 792 g/mol. The van der Waals surface area contributed by atoms with E-state index in [2.05, 4.69) is 44.7 Å². The van der Waals surface area contributed by atoms with Crippen LogP contribution in [0.15, 0.2) is 79.9 Å². The quantitative estimate of drug-likeness (QED) is 0.118. The molecule has 3 aliphatic rings. The third-order valence-corrected chi connectivity index (χ3v) is 11.8. The van der Waals surface area contributed by atoms with E-state index in [9.17, 15) is 19.5 Å². The van der Waals surface area contributed by atoms with Crippen LogP contribution in [0.25, 0.3) is 11.0 Å². The summed E-state index contributed by atoms with van der Waals surface area (Å²) < 4.78 is 14.0. The molecule has 2 N–H and O–H groups in total. The number of fused-ring (bicyclic) bond motifs is 2. The zero-order valence-electron chi connectivity index (χ0n) is 30.1. The molecule has 13 nitrogen and oxygen atoms in total. The summed E-state index contributed by atoms with van der Waals surface area (Å²) in [5.41, 5.74) is 0.740. The van der Waals surface area contributed by atoms with Gasteiger partial charge in [0.25, 0.3) is 0 Å². The van der Waals surface area contributed by atoms with Crippen LogP contribution in [0.4, 0.5) is 0 Å². The van der Waals surface area contributed by atoms with Gasteiger partial charge in [0.2, 0.25) is 17.7 Å². The molecule has 1 unspecified atom stereocenters. The van der Waals surface area contributed by atoms with Crippen LogP contribution in [0, 0.1) is 17.8 Å². The molecule has 2 aromatic carbocycles. The first-order valence-electron chi connectivity index (χ1n) is 18.1. The summed E-state index contributed by atoms with van der Waals surface area (Å²) >= 11 is 3.75. The highest BCUT2D eigenvalue weighted by Gasteiger charge is 2.77. The van der Waals surface area contributed by atoms with Crippen LogP contribution in [0.2, 0.25) is 0 Å². The lowest BCUT2D eigenvalue weighted by Crippen LogP contribution is -2.60. The maximum atomic E-state index is 15.1. The number of nitrogens with zero attached hydrogens (tertiary/aromatic N) is 5. The van der Waals surface area contributed by atoms with Gasteiger partial charge < -0.3 is 29.7 Å². The Balaban J connectivity index is 1.36. The highest BCUT2D eigenvalue weighted by molar-refractivity contribution is 9.09. The van der Waals surface area contributed by atoms with Crippen molar-refractivity contribution < 1.29 is 33.8 Å². The van der Waals surface area contributed by atoms with E-state index in [1.165, 1.54) is 4.90 Å². The van der Waals surface area contributed by atoms with Crippen molar-refractivity contribution in [1.29, 1.82) is 0 Å². The fourth-order valence-corrected chi connectivity index (χ4v) is 9.13. The zero-order chi connectivity index (χ0) is 37.9. The van der Waals surface area contributed by atoms with Crippen molar-refractivity contribution in [1.82, 2.24) is 30.1 Å². The second-order valence-corrected chi connectivity index (χ2v) is 15.3. The maximum Gasteiger partial charge on any atom is 0.306 e. The number of carbonyl (C=O) groups is 4. The number of rotatable bonds is 17. The smallest absolute Gasteiger partial charge is 0.306 e. The number of esters is 1. The molecular weight excluding hydrogens is 744 g/mol. The van der Waals surface area contributed by atoms with E-state index in [1.54, 1.807) is 21.7 Å². The molecule has 3 aliphatic heterocycles. The Bertz CT molecular complexity index is 1840. The predicted molar refractivity (Wildman–Crippen MR) is 200 cm³/mol. The number of halogens is 1. The fraction of sp³-hybridized carbons (Fsp3) is 0.487. The van der Waals surface area contributed by atoms with Gasteiger partial charge in [0, 0.05) is 17.8 Å². The van der Waals surface area contributed by atoms with Crippen LogP contribution in [0.5, 0.6) is 0 Å². The number of hydrogen-bond acceptors (Lipinski definition) is 9. The van der Waals surface area contributed by atoms with Gasteiger partial charge in [-0.2, -0.15) is 0 Å². The van der Waals surface area contributed by atoms with Crippen molar-refractivity contribution in [2.45, 2.75) is 80.9 Å². The first-order valence-corrected chi connectivity index (χ1v) is 19.1. The third kappa shape index (κ3) is 7.16. The zero-order valence-corrected chi connectivity index (χ0v) is 31.6. The van der Waals surface area contributed by atoms with Crippen LogP contribution < -0.4 is 5.32 Å². The largest absolute Gasteiger partial charge is 0.463 e. The van der Waals surface area contributed by atoms with Crippen LogP contribution in [0.1, 0.15) is 51.1 Å². The molecule has 3 fully saturated rings. The molecule has 282 valence electrons. The minimum Gasteiger partial charge on any atom is -0.463 e. The molecule has 1 spiro atoms. The van der Waals surface area contributed by atoms with Gasteiger partial charge in [0.05, 0.1) is 42.1 Å². The Morgan fingerprint density at radius 2 is 1.91 bits per heavy atom. The number of allylic oxidation sites excluding steroid dienone is 1. The monoisotopic (exact) mass is 790 g/mol. The molecule has 0 aliphatic carbocycles. The van der Waals surface area contributed by atoms with Gasteiger partial charge in [-0.1, -0.05) is 96.0 Å². The van der Waals surface area contributed by atoms with E-state index in [0.29, 0.717) is 24.8 Å². The van der Waals surface area contributed by atoms with Gasteiger partial charge in [-0.3, -0.25) is 19.2 Å². The number of amides is 3. The van der Waals surface area contributed by atoms with Crippen LogP contribution >= 0.6 is 15.9 Å². The molecule has 6 rings (SSSR count). The van der Waals surface area contributed by atoms with Crippen LogP contribution in [-0.4, -0.2) is 102 Å². The highest BCUT2D eigenvalue weighted by Crippen LogP contribution is 2.61. The number of aromatic nitrogens is 3. The van der Waals surface area contributed by atoms with Crippen molar-refractivity contribution in [2.24, 2.45) is 17.8 Å². The third-order valence-electron chi connectivity index (χ3n) is 11.0. The van der Waals surface area contributed by atoms with Crippen LogP contribution in [-0.2, 0) is 35.3 Å². The van der Waals surface area contributed by atoms with E-state index in [0.717, 1.165) is 11.1 Å². The van der Waals surface area contributed by atoms with Gasteiger partial charge in [-0.15, -0.1) is 18.3 Å². The van der Waals surface area contributed by atoms with Crippen molar-refractivity contribution >= 4 is 50.7 Å². The molecule has 0 saturated carbocycles. The van der Waals surface area contributed by atoms with E-state index in [-0.39, 0.29) is 43.6 Å². The van der Waals surface area contributed by atoms with Crippen molar-refractivity contribution in [3.05, 3.63) is 85.5 Å². The van der Waals surface area contributed by atoms with E-state index >= 15 is 4.79 Å². The summed E-state index contributed by atoms with van der Waals surface area (Å²) in [6.45, 7) is 11.1. The standard InChI is InChI=1S/C39H47BrN6O7/c1-5-8-18-31(48)52-22-28(25-14-10-9-11-15-25)41-36(49)32-33-37(50)46(30(21-47)24(4)7-3)35(39(33)20-26(40)34(32)53-39)38(51)44(19-6-2)23-45-29-17-13-12-16-27(29)42-43-45/h5-6,9-17,24,26,28,30,32-35,47H,1-2,7-8,18-23H2,3-4H3,(H,41,49)/t24-,26?,28-,30-,32-,33+,34-,35-,39+/m0/s1. The molecule has 2 bridgehead atoms. The van der Waals surface area contributed by atoms with Gasteiger partial charge in [-0.25, -0.2) is 4.68 Å². The minimum absolute atomic E-state index is 0.0210. The van der Waals surface area contributed by atoms with E-state index in [1.807, 2.05) is 68.4 Å². The summed E-state index contributed by atoms with van der Waals surface area (Å²) in [6, 6.07) is 14.0. The lowest BCUT2D eigenvalue weighted by Gasteiger charge is -2.40. The van der Waals surface area contributed by atoms with Crippen molar-refractivity contribution in [3.8, 4) is 0 Å². The molecule has 4 heterocycles. The molecule has 3 saturated heterocycles. The molecule has 14 heteroatoms. The van der Waals surface area contributed by atoms with Gasteiger partial charge >= 0.3 is 5.97 Å². The van der Waals surface area contributed by atoms with Crippen molar-refractivity contribution in [2.75, 3.05) is 19.8 Å². The molecule has 53 heavy (non-hydrogen) atoms. The Kier molecular flexibility index (Phi) is 11.8.